The van der Waals surface area contributed by atoms with Gasteiger partial charge in [-0.1, -0.05) is 0 Å². The van der Waals surface area contributed by atoms with Crippen LogP contribution < -0.4 is 10.1 Å². The predicted octanol–water partition coefficient (Wildman–Crippen LogP) is 1.41. The van der Waals surface area contributed by atoms with Crippen molar-refractivity contribution in [3.8, 4) is 5.88 Å². The second kappa shape index (κ2) is 6.11. The van der Waals surface area contributed by atoms with Crippen LogP contribution in [-0.2, 0) is 6.54 Å². The summed E-state index contributed by atoms with van der Waals surface area (Å²) in [5, 5.41) is 3.28. The first-order chi connectivity index (χ1) is 8.66. The first kappa shape index (κ1) is 13.2. The van der Waals surface area contributed by atoms with Crippen LogP contribution in [0.2, 0.25) is 0 Å². The smallest absolute Gasteiger partial charge is 0.250 e. The van der Waals surface area contributed by atoms with E-state index in [0.29, 0.717) is 24.8 Å². The van der Waals surface area contributed by atoms with Gasteiger partial charge in [-0.3, -0.25) is 0 Å². The first-order valence-corrected chi connectivity index (χ1v) is 6.31. The highest BCUT2D eigenvalue weighted by molar-refractivity contribution is 5.23. The quantitative estimate of drug-likeness (QED) is 0.797. The van der Waals surface area contributed by atoms with Crippen LogP contribution in [0.4, 0.5) is 4.39 Å². The molecule has 0 aromatic carbocycles. The molecule has 5 heteroatoms. The summed E-state index contributed by atoms with van der Waals surface area (Å²) < 4.78 is 19.4. The summed E-state index contributed by atoms with van der Waals surface area (Å²) in [6.45, 7) is 1.73. The predicted molar refractivity (Wildman–Crippen MR) is 68.1 cm³/mol. The lowest BCUT2D eigenvalue weighted by atomic mass is 10.2. The molecular formula is C13H20FN3O. The standard InChI is InChI=1S/C13H20FN3O/c1-17(2)7-8-18-13-12(14)10(5-6-15-13)9-16-11-3-4-11/h5-6,11,16H,3-4,7-9H2,1-2H3. The van der Waals surface area contributed by atoms with Crippen LogP contribution >= 0.6 is 0 Å². The van der Waals surface area contributed by atoms with Gasteiger partial charge in [-0.25, -0.2) is 9.37 Å². The molecule has 0 spiro atoms. The van der Waals surface area contributed by atoms with Gasteiger partial charge >= 0.3 is 0 Å². The van der Waals surface area contributed by atoms with Gasteiger partial charge in [0.1, 0.15) is 6.61 Å². The Labute approximate surface area is 107 Å². The summed E-state index contributed by atoms with van der Waals surface area (Å²) in [7, 11) is 3.90. The molecule has 0 amide bonds. The van der Waals surface area contributed by atoms with Gasteiger partial charge in [-0.05, 0) is 33.0 Å². The van der Waals surface area contributed by atoms with Crippen LogP contribution in [-0.4, -0.2) is 43.2 Å². The lowest BCUT2D eigenvalue weighted by molar-refractivity contribution is 0.243. The van der Waals surface area contributed by atoms with Gasteiger partial charge in [0.2, 0.25) is 0 Å². The third kappa shape index (κ3) is 3.92. The van der Waals surface area contributed by atoms with E-state index in [1.54, 1.807) is 12.3 Å². The molecule has 0 atom stereocenters. The van der Waals surface area contributed by atoms with Crippen molar-refractivity contribution in [2.24, 2.45) is 0 Å². The Morgan fingerprint density at radius 1 is 1.50 bits per heavy atom. The number of pyridine rings is 1. The van der Waals surface area contributed by atoms with E-state index in [9.17, 15) is 4.39 Å². The molecule has 1 aliphatic carbocycles. The summed E-state index contributed by atoms with van der Waals surface area (Å²) in [4.78, 5) is 5.92. The topological polar surface area (TPSA) is 37.4 Å². The van der Waals surface area contributed by atoms with Gasteiger partial charge in [-0.15, -0.1) is 0 Å². The molecule has 2 rings (SSSR count). The Bertz CT molecular complexity index is 394. The Balaban J connectivity index is 1.90. The summed E-state index contributed by atoms with van der Waals surface area (Å²) >= 11 is 0. The first-order valence-electron chi connectivity index (χ1n) is 6.31. The Hall–Kier alpha value is -1.20. The molecule has 0 bridgehead atoms. The van der Waals surface area contributed by atoms with E-state index in [-0.39, 0.29) is 11.7 Å². The maximum Gasteiger partial charge on any atom is 0.250 e. The van der Waals surface area contributed by atoms with Gasteiger partial charge < -0.3 is 15.0 Å². The van der Waals surface area contributed by atoms with Crippen molar-refractivity contribution < 1.29 is 9.13 Å². The Kier molecular flexibility index (Phi) is 4.49. The molecule has 100 valence electrons. The molecule has 1 aromatic rings. The van der Waals surface area contributed by atoms with E-state index in [2.05, 4.69) is 10.3 Å². The molecule has 1 aromatic heterocycles. The van der Waals surface area contributed by atoms with Crippen LogP contribution in [0.3, 0.4) is 0 Å². The molecule has 1 fully saturated rings. The van der Waals surface area contributed by atoms with Gasteiger partial charge in [0.05, 0.1) is 0 Å². The summed E-state index contributed by atoms with van der Waals surface area (Å²) in [6.07, 6.45) is 3.98. The number of rotatable bonds is 7. The lowest BCUT2D eigenvalue weighted by Gasteiger charge is -2.12. The van der Waals surface area contributed by atoms with E-state index >= 15 is 0 Å². The van der Waals surface area contributed by atoms with Gasteiger partial charge in [0, 0.05) is 30.9 Å². The highest BCUT2D eigenvalue weighted by Gasteiger charge is 2.21. The van der Waals surface area contributed by atoms with Crippen LogP contribution in [0.15, 0.2) is 12.3 Å². The van der Waals surface area contributed by atoms with Crippen LogP contribution in [0.25, 0.3) is 0 Å². The second-order valence-electron chi connectivity index (χ2n) is 4.90. The third-order valence-corrected chi connectivity index (χ3v) is 2.87. The van der Waals surface area contributed by atoms with Crippen molar-refractivity contribution >= 4 is 0 Å². The number of halogens is 1. The fourth-order valence-corrected chi connectivity index (χ4v) is 1.57. The molecule has 1 heterocycles. The van der Waals surface area contributed by atoms with E-state index in [4.69, 9.17) is 4.74 Å². The fourth-order valence-electron chi connectivity index (χ4n) is 1.57. The van der Waals surface area contributed by atoms with Crippen molar-refractivity contribution in [2.45, 2.75) is 25.4 Å². The van der Waals surface area contributed by atoms with Gasteiger partial charge in [-0.2, -0.15) is 0 Å². The zero-order valence-electron chi connectivity index (χ0n) is 10.9. The summed E-state index contributed by atoms with van der Waals surface area (Å²) in [6, 6.07) is 2.26. The van der Waals surface area contributed by atoms with E-state index in [1.165, 1.54) is 12.8 Å². The van der Waals surface area contributed by atoms with Crippen LogP contribution in [0.1, 0.15) is 18.4 Å². The summed E-state index contributed by atoms with van der Waals surface area (Å²) in [5.41, 5.74) is 0.622. The molecule has 1 saturated carbocycles. The zero-order chi connectivity index (χ0) is 13.0. The minimum Gasteiger partial charge on any atom is -0.474 e. The van der Waals surface area contributed by atoms with Gasteiger partial charge in [0.25, 0.3) is 5.88 Å². The van der Waals surface area contributed by atoms with Crippen LogP contribution in [0.5, 0.6) is 5.88 Å². The average Bonchev–Trinajstić information content (AvgIpc) is 3.13. The van der Waals surface area contributed by atoms with Crippen LogP contribution in [0, 0.1) is 5.82 Å². The zero-order valence-corrected chi connectivity index (χ0v) is 10.9. The summed E-state index contributed by atoms with van der Waals surface area (Å²) in [5.74, 6) is -0.239. The fraction of sp³-hybridized carbons (Fsp3) is 0.615. The molecule has 18 heavy (non-hydrogen) atoms. The second-order valence-corrected chi connectivity index (χ2v) is 4.90. The Morgan fingerprint density at radius 3 is 2.94 bits per heavy atom. The number of nitrogens with zero attached hydrogens (tertiary/aromatic N) is 2. The molecule has 0 unspecified atom stereocenters. The van der Waals surface area contributed by atoms with Crippen molar-refractivity contribution in [3.05, 3.63) is 23.6 Å². The number of hydrogen-bond donors (Lipinski definition) is 1. The maximum atomic E-state index is 14.0. The largest absolute Gasteiger partial charge is 0.474 e. The van der Waals surface area contributed by atoms with E-state index in [1.807, 2.05) is 19.0 Å². The van der Waals surface area contributed by atoms with Crippen molar-refractivity contribution in [1.29, 1.82) is 0 Å². The number of likely N-dealkylation sites (N-methyl/N-ethyl adjacent to an activating group) is 1. The SMILES string of the molecule is CN(C)CCOc1nccc(CNC2CC2)c1F. The van der Waals surface area contributed by atoms with E-state index in [0.717, 1.165) is 6.54 Å². The molecule has 1 aliphatic rings. The molecule has 1 N–H and O–H groups in total. The number of hydrogen-bond acceptors (Lipinski definition) is 4. The number of nitrogens with one attached hydrogen (secondary N) is 1. The third-order valence-electron chi connectivity index (χ3n) is 2.87. The lowest BCUT2D eigenvalue weighted by Crippen LogP contribution is -2.20. The Morgan fingerprint density at radius 2 is 2.28 bits per heavy atom. The van der Waals surface area contributed by atoms with Crippen molar-refractivity contribution in [3.63, 3.8) is 0 Å². The van der Waals surface area contributed by atoms with E-state index < -0.39 is 0 Å². The molecule has 4 nitrogen and oxygen atoms in total. The highest BCUT2D eigenvalue weighted by Crippen LogP contribution is 2.21. The molecule has 0 saturated heterocycles. The van der Waals surface area contributed by atoms with Gasteiger partial charge in [0.15, 0.2) is 5.82 Å². The average molecular weight is 253 g/mol. The number of aromatic nitrogens is 1. The minimum atomic E-state index is -0.343. The molecular weight excluding hydrogens is 233 g/mol. The highest BCUT2D eigenvalue weighted by atomic mass is 19.1. The van der Waals surface area contributed by atoms with Crippen molar-refractivity contribution in [2.75, 3.05) is 27.2 Å². The maximum absolute atomic E-state index is 14.0. The normalized spacial score (nSPS) is 15.1. The molecule has 0 aliphatic heterocycles. The van der Waals surface area contributed by atoms with Crippen molar-refractivity contribution in [1.82, 2.24) is 15.2 Å². The minimum absolute atomic E-state index is 0.104. The molecule has 0 radical (unpaired) electrons. The monoisotopic (exact) mass is 253 g/mol. The number of ether oxygens (including phenoxy) is 1.